The first-order valence-electron chi connectivity index (χ1n) is 6.77. The van der Waals surface area contributed by atoms with Crippen molar-refractivity contribution in [1.29, 1.82) is 0 Å². The minimum Gasteiger partial charge on any atom is -0.381 e. The van der Waals surface area contributed by atoms with Crippen LogP contribution in [0, 0.1) is 0 Å². The Hall–Kier alpha value is -1.81. The molecule has 4 heteroatoms. The second-order valence-electron chi connectivity index (χ2n) is 5.13. The molecule has 0 aromatic heterocycles. The molecule has 0 radical (unpaired) electrons. The third-order valence-electron chi connectivity index (χ3n) is 3.66. The molecule has 104 valence electrons. The lowest BCUT2D eigenvalue weighted by Gasteiger charge is -2.26. The summed E-state index contributed by atoms with van der Waals surface area (Å²) in [4.78, 5) is 0.403. The Morgan fingerprint density at radius 3 is 2.50 bits per heavy atom. The third-order valence-corrected chi connectivity index (χ3v) is 5.49. The molecule has 1 aliphatic heterocycles. The molecule has 0 bridgehead atoms. The summed E-state index contributed by atoms with van der Waals surface area (Å²) in [6.07, 6.45) is 1.78. The van der Waals surface area contributed by atoms with Crippen molar-refractivity contribution in [2.75, 3.05) is 11.1 Å². The molecular formula is C16H17NO2S. The molecule has 3 nitrogen and oxygen atoms in total. The minimum atomic E-state index is -3.22. The molecule has 0 saturated heterocycles. The van der Waals surface area contributed by atoms with E-state index in [1.165, 1.54) is 5.56 Å². The molecule has 0 saturated carbocycles. The van der Waals surface area contributed by atoms with E-state index in [2.05, 4.69) is 11.4 Å². The van der Waals surface area contributed by atoms with Gasteiger partial charge in [-0.15, -0.1) is 0 Å². The van der Waals surface area contributed by atoms with Gasteiger partial charge >= 0.3 is 0 Å². The number of aryl methyl sites for hydroxylation is 1. The molecule has 1 heterocycles. The Morgan fingerprint density at radius 1 is 1.00 bits per heavy atom. The van der Waals surface area contributed by atoms with Gasteiger partial charge < -0.3 is 5.32 Å². The predicted molar refractivity (Wildman–Crippen MR) is 80.7 cm³/mol. The average molecular weight is 287 g/mol. The molecule has 1 N–H and O–H groups in total. The van der Waals surface area contributed by atoms with E-state index in [0.717, 1.165) is 18.5 Å². The Kier molecular flexibility index (Phi) is 3.49. The largest absolute Gasteiger partial charge is 0.381 e. The summed E-state index contributed by atoms with van der Waals surface area (Å²) >= 11 is 0. The summed E-state index contributed by atoms with van der Waals surface area (Å²) in [5.41, 5.74) is 2.33. The van der Waals surface area contributed by atoms with Crippen LogP contribution in [0.15, 0.2) is 59.5 Å². The molecule has 2 aromatic rings. The number of fused-ring (bicyclic) bond motifs is 1. The first-order chi connectivity index (χ1) is 9.65. The Balaban J connectivity index is 1.77. The summed E-state index contributed by atoms with van der Waals surface area (Å²) in [6, 6.07) is 16.7. The summed E-state index contributed by atoms with van der Waals surface area (Å²) < 4.78 is 24.7. The summed E-state index contributed by atoms with van der Waals surface area (Å²) in [7, 11) is -3.22. The van der Waals surface area contributed by atoms with Crippen LogP contribution in [-0.2, 0) is 16.3 Å². The highest BCUT2D eigenvalue weighted by atomic mass is 32.2. The number of nitrogens with one attached hydrogen (secondary N) is 1. The normalized spacial score (nSPS) is 18.1. The molecule has 0 fully saturated rings. The van der Waals surface area contributed by atoms with Gasteiger partial charge in [0.05, 0.1) is 10.6 Å². The molecule has 0 spiro atoms. The number of hydrogen-bond acceptors (Lipinski definition) is 3. The average Bonchev–Trinajstić information content (AvgIpc) is 2.48. The molecule has 0 amide bonds. The van der Waals surface area contributed by atoms with Gasteiger partial charge in [0.15, 0.2) is 9.84 Å². The molecule has 20 heavy (non-hydrogen) atoms. The first-order valence-corrected chi connectivity index (χ1v) is 8.43. The molecule has 3 rings (SSSR count). The highest BCUT2D eigenvalue weighted by Crippen LogP contribution is 2.25. The molecular weight excluding hydrogens is 270 g/mol. The number of anilines is 1. The number of rotatable bonds is 3. The lowest BCUT2D eigenvalue weighted by Crippen LogP contribution is -2.32. The van der Waals surface area contributed by atoms with Crippen LogP contribution in [0.1, 0.15) is 12.0 Å². The van der Waals surface area contributed by atoms with Crippen molar-refractivity contribution in [2.45, 2.75) is 23.8 Å². The second-order valence-corrected chi connectivity index (χ2v) is 7.17. The summed E-state index contributed by atoms with van der Waals surface area (Å²) in [5, 5.41) is 3.34. The van der Waals surface area contributed by atoms with Crippen LogP contribution in [0.3, 0.4) is 0 Å². The monoisotopic (exact) mass is 287 g/mol. The number of benzene rings is 2. The first kappa shape index (κ1) is 13.2. The van der Waals surface area contributed by atoms with Crippen molar-refractivity contribution in [1.82, 2.24) is 0 Å². The SMILES string of the molecule is O=S(=O)(C[C@H]1CCc2ccccc2N1)c1ccccc1. The van der Waals surface area contributed by atoms with Gasteiger partial charge in [-0.25, -0.2) is 8.42 Å². The van der Waals surface area contributed by atoms with E-state index in [0.29, 0.717) is 4.90 Å². The van der Waals surface area contributed by atoms with E-state index in [1.54, 1.807) is 24.3 Å². The lowest BCUT2D eigenvalue weighted by molar-refractivity contribution is 0.582. The summed E-state index contributed by atoms with van der Waals surface area (Å²) in [6.45, 7) is 0. The fourth-order valence-electron chi connectivity index (χ4n) is 2.61. The highest BCUT2D eigenvalue weighted by molar-refractivity contribution is 7.91. The quantitative estimate of drug-likeness (QED) is 0.944. The van der Waals surface area contributed by atoms with Crippen LogP contribution >= 0.6 is 0 Å². The van der Waals surface area contributed by atoms with Crippen molar-refractivity contribution in [3.63, 3.8) is 0 Å². The second kappa shape index (κ2) is 5.29. The van der Waals surface area contributed by atoms with E-state index in [4.69, 9.17) is 0 Å². The Labute approximate surface area is 119 Å². The zero-order valence-electron chi connectivity index (χ0n) is 11.1. The van der Waals surface area contributed by atoms with Crippen LogP contribution in [0.2, 0.25) is 0 Å². The Bertz CT molecular complexity index is 695. The molecule has 2 aromatic carbocycles. The van der Waals surface area contributed by atoms with Crippen molar-refractivity contribution in [2.24, 2.45) is 0 Å². The molecule has 0 aliphatic carbocycles. The zero-order chi connectivity index (χ0) is 14.0. The van der Waals surface area contributed by atoms with Gasteiger partial charge in [-0.1, -0.05) is 36.4 Å². The van der Waals surface area contributed by atoms with Crippen molar-refractivity contribution >= 4 is 15.5 Å². The lowest BCUT2D eigenvalue weighted by atomic mass is 9.99. The van der Waals surface area contributed by atoms with E-state index < -0.39 is 9.84 Å². The standard InChI is InChI=1S/C16H17NO2S/c18-20(19,15-7-2-1-3-8-15)12-14-11-10-13-6-4-5-9-16(13)17-14/h1-9,14,17H,10-12H2/t14-/m1/s1. The number of para-hydroxylation sites is 1. The Morgan fingerprint density at radius 2 is 1.70 bits per heavy atom. The van der Waals surface area contributed by atoms with E-state index in [1.807, 2.05) is 24.3 Å². The number of sulfone groups is 1. The third kappa shape index (κ3) is 2.70. The van der Waals surface area contributed by atoms with E-state index >= 15 is 0 Å². The molecule has 1 aliphatic rings. The fourth-order valence-corrected chi connectivity index (χ4v) is 4.16. The number of hydrogen-bond donors (Lipinski definition) is 1. The molecule has 0 unspecified atom stereocenters. The molecule has 1 atom stereocenters. The van der Waals surface area contributed by atoms with Crippen LogP contribution in [0.4, 0.5) is 5.69 Å². The highest BCUT2D eigenvalue weighted by Gasteiger charge is 2.24. The maximum Gasteiger partial charge on any atom is 0.180 e. The van der Waals surface area contributed by atoms with E-state index in [9.17, 15) is 8.42 Å². The van der Waals surface area contributed by atoms with Gasteiger partial charge in [0.25, 0.3) is 0 Å². The van der Waals surface area contributed by atoms with Crippen LogP contribution in [0.25, 0.3) is 0 Å². The van der Waals surface area contributed by atoms with Crippen molar-refractivity contribution in [3.05, 3.63) is 60.2 Å². The van der Waals surface area contributed by atoms with Crippen molar-refractivity contribution in [3.8, 4) is 0 Å². The summed E-state index contributed by atoms with van der Waals surface area (Å²) in [5.74, 6) is 0.144. The van der Waals surface area contributed by atoms with Crippen LogP contribution < -0.4 is 5.32 Å². The van der Waals surface area contributed by atoms with Crippen LogP contribution in [-0.4, -0.2) is 20.2 Å². The van der Waals surface area contributed by atoms with Crippen molar-refractivity contribution < 1.29 is 8.42 Å². The predicted octanol–water partition coefficient (Wildman–Crippen LogP) is 2.89. The minimum absolute atomic E-state index is 0.0184. The van der Waals surface area contributed by atoms with Gasteiger partial charge in [0.1, 0.15) is 0 Å². The zero-order valence-corrected chi connectivity index (χ0v) is 11.9. The van der Waals surface area contributed by atoms with Gasteiger partial charge in [-0.05, 0) is 36.6 Å². The fraction of sp³-hybridized carbons (Fsp3) is 0.250. The van der Waals surface area contributed by atoms with Crippen LogP contribution in [0.5, 0.6) is 0 Å². The maximum atomic E-state index is 12.4. The maximum absolute atomic E-state index is 12.4. The topological polar surface area (TPSA) is 46.2 Å². The van der Waals surface area contributed by atoms with Gasteiger partial charge in [0.2, 0.25) is 0 Å². The van der Waals surface area contributed by atoms with Gasteiger partial charge in [-0.3, -0.25) is 0 Å². The van der Waals surface area contributed by atoms with Gasteiger partial charge in [0, 0.05) is 11.7 Å². The smallest absolute Gasteiger partial charge is 0.180 e. The van der Waals surface area contributed by atoms with E-state index in [-0.39, 0.29) is 11.8 Å². The van der Waals surface area contributed by atoms with Gasteiger partial charge in [-0.2, -0.15) is 0 Å².